The Labute approximate surface area is 213 Å². The van der Waals surface area contributed by atoms with E-state index in [1.165, 1.54) is 5.69 Å². The first kappa shape index (κ1) is 26.2. The fourth-order valence-electron chi connectivity index (χ4n) is 4.54. The van der Waals surface area contributed by atoms with Crippen LogP contribution in [-0.2, 0) is 20.8 Å². The highest BCUT2D eigenvalue weighted by Gasteiger charge is 2.19. The Bertz CT molecular complexity index is 1180. The number of aromatic nitrogens is 3. The summed E-state index contributed by atoms with van der Waals surface area (Å²) in [6, 6.07) is 6.47. The Kier molecular flexibility index (Phi) is 8.31. The van der Waals surface area contributed by atoms with E-state index in [9.17, 15) is 4.79 Å². The summed E-state index contributed by atoms with van der Waals surface area (Å²) < 4.78 is 13.0. The standard InChI is InChI=1S/C27H40N6O3/c1-5-6-10-33-19-22-21-8-7-20(18-23(21)29-26(28)25(22)30-33)32-13-11-31(12-14-32)15-17-35-16-9-24(34)36-27(2,3)4/h7-8,18-19H,5-6,9-17H2,1-4H3,(H2,28,29). The number of aryl methyl sites for hydroxylation is 1. The topological polar surface area (TPSA) is 98.7 Å². The molecule has 1 fully saturated rings. The number of fused-ring (bicyclic) bond motifs is 3. The third kappa shape index (κ3) is 6.64. The summed E-state index contributed by atoms with van der Waals surface area (Å²) in [7, 11) is 0. The minimum atomic E-state index is -0.450. The molecule has 3 aromatic rings. The van der Waals surface area contributed by atoms with E-state index in [1.807, 2.05) is 25.5 Å². The van der Waals surface area contributed by atoms with Gasteiger partial charge in [0.15, 0.2) is 5.82 Å². The number of unbranched alkanes of at least 4 members (excludes halogenated alkanes) is 1. The number of carbonyl (C=O) groups excluding carboxylic acids is 1. The summed E-state index contributed by atoms with van der Waals surface area (Å²) >= 11 is 0. The smallest absolute Gasteiger partial charge is 0.308 e. The molecule has 0 aliphatic carbocycles. The van der Waals surface area contributed by atoms with E-state index in [0.29, 0.717) is 19.0 Å². The van der Waals surface area contributed by atoms with Crippen LogP contribution in [0.1, 0.15) is 47.0 Å². The van der Waals surface area contributed by atoms with Gasteiger partial charge in [0.25, 0.3) is 0 Å². The first-order valence-electron chi connectivity index (χ1n) is 13.1. The molecule has 1 aliphatic heterocycles. The van der Waals surface area contributed by atoms with Crippen molar-refractivity contribution in [3.8, 4) is 0 Å². The number of ether oxygens (including phenoxy) is 2. The van der Waals surface area contributed by atoms with Crippen molar-refractivity contribution < 1.29 is 14.3 Å². The molecule has 0 spiro atoms. The zero-order valence-corrected chi connectivity index (χ0v) is 22.1. The second-order valence-corrected chi connectivity index (χ2v) is 10.5. The quantitative estimate of drug-likeness (QED) is 0.334. The summed E-state index contributed by atoms with van der Waals surface area (Å²) in [6.45, 7) is 14.4. The van der Waals surface area contributed by atoms with Crippen LogP contribution in [0.2, 0.25) is 0 Å². The summed E-state index contributed by atoms with van der Waals surface area (Å²) in [4.78, 5) is 21.2. The van der Waals surface area contributed by atoms with E-state index in [4.69, 9.17) is 15.2 Å². The number of rotatable bonds is 10. The highest BCUT2D eigenvalue weighted by Crippen LogP contribution is 2.30. The zero-order valence-electron chi connectivity index (χ0n) is 22.1. The van der Waals surface area contributed by atoms with Crippen LogP contribution < -0.4 is 10.6 Å². The monoisotopic (exact) mass is 496 g/mol. The van der Waals surface area contributed by atoms with Gasteiger partial charge < -0.3 is 20.1 Å². The van der Waals surface area contributed by atoms with Crippen molar-refractivity contribution in [2.24, 2.45) is 0 Å². The predicted octanol–water partition coefficient (Wildman–Crippen LogP) is 3.84. The first-order valence-corrected chi connectivity index (χ1v) is 13.1. The van der Waals surface area contributed by atoms with Crippen molar-refractivity contribution in [1.82, 2.24) is 19.7 Å². The van der Waals surface area contributed by atoms with Gasteiger partial charge in [-0.25, -0.2) is 4.98 Å². The van der Waals surface area contributed by atoms with Crippen LogP contribution in [0.15, 0.2) is 24.4 Å². The van der Waals surface area contributed by atoms with Crippen molar-refractivity contribution in [1.29, 1.82) is 0 Å². The molecular weight excluding hydrogens is 456 g/mol. The average Bonchev–Trinajstić information content (AvgIpc) is 3.27. The molecule has 9 nitrogen and oxygen atoms in total. The van der Waals surface area contributed by atoms with Crippen LogP contribution in [0, 0.1) is 0 Å². The maximum absolute atomic E-state index is 11.8. The molecule has 1 aliphatic rings. The summed E-state index contributed by atoms with van der Waals surface area (Å²) in [5.41, 5.74) is 8.69. The minimum Gasteiger partial charge on any atom is -0.460 e. The van der Waals surface area contributed by atoms with Gasteiger partial charge in [-0.05, 0) is 39.3 Å². The highest BCUT2D eigenvalue weighted by molar-refractivity contribution is 6.08. The van der Waals surface area contributed by atoms with Crippen molar-refractivity contribution in [3.05, 3.63) is 24.4 Å². The molecule has 3 heterocycles. The molecule has 196 valence electrons. The van der Waals surface area contributed by atoms with Gasteiger partial charge >= 0.3 is 5.97 Å². The van der Waals surface area contributed by atoms with Crippen molar-refractivity contribution in [2.45, 2.75) is 59.1 Å². The number of carbonyl (C=O) groups is 1. The number of nitrogen functional groups attached to an aromatic ring is 1. The number of nitrogens with zero attached hydrogens (tertiary/aromatic N) is 5. The number of hydrogen-bond donors (Lipinski definition) is 1. The van der Waals surface area contributed by atoms with E-state index in [0.717, 1.165) is 73.9 Å². The van der Waals surface area contributed by atoms with E-state index in [1.54, 1.807) is 0 Å². The van der Waals surface area contributed by atoms with Gasteiger partial charge in [0, 0.05) is 61.9 Å². The Hall–Kier alpha value is -2.91. The highest BCUT2D eigenvalue weighted by atomic mass is 16.6. The number of anilines is 2. The number of esters is 1. The third-order valence-corrected chi connectivity index (χ3v) is 6.42. The lowest BCUT2D eigenvalue weighted by molar-refractivity contribution is -0.156. The normalized spacial score (nSPS) is 15.2. The number of nitrogens with two attached hydrogens (primary N) is 1. The van der Waals surface area contributed by atoms with Gasteiger partial charge in [0.05, 0.1) is 25.2 Å². The lowest BCUT2D eigenvalue weighted by Crippen LogP contribution is -2.47. The molecule has 0 atom stereocenters. The van der Waals surface area contributed by atoms with Gasteiger partial charge in [-0.15, -0.1) is 0 Å². The Morgan fingerprint density at radius 3 is 2.58 bits per heavy atom. The molecule has 1 aromatic carbocycles. The van der Waals surface area contributed by atoms with Gasteiger partial charge in [-0.2, -0.15) is 5.10 Å². The Morgan fingerprint density at radius 1 is 1.08 bits per heavy atom. The molecular formula is C27H40N6O3. The maximum Gasteiger partial charge on any atom is 0.308 e. The molecule has 0 saturated carbocycles. The number of benzene rings is 1. The lowest BCUT2D eigenvalue weighted by atomic mass is 10.1. The maximum atomic E-state index is 11.8. The lowest BCUT2D eigenvalue weighted by Gasteiger charge is -2.36. The molecule has 0 amide bonds. The minimum absolute atomic E-state index is 0.214. The molecule has 2 aromatic heterocycles. The largest absolute Gasteiger partial charge is 0.460 e. The van der Waals surface area contributed by atoms with Crippen molar-refractivity contribution >= 4 is 39.3 Å². The fraction of sp³-hybridized carbons (Fsp3) is 0.593. The van der Waals surface area contributed by atoms with Crippen molar-refractivity contribution in [3.63, 3.8) is 0 Å². The molecule has 0 unspecified atom stereocenters. The van der Waals surface area contributed by atoms with Gasteiger partial charge in [0.1, 0.15) is 11.1 Å². The summed E-state index contributed by atoms with van der Waals surface area (Å²) in [5.74, 6) is 0.273. The number of hydrogen-bond acceptors (Lipinski definition) is 8. The van der Waals surface area contributed by atoms with Gasteiger partial charge in [-0.3, -0.25) is 14.4 Å². The van der Waals surface area contributed by atoms with Gasteiger partial charge in [0.2, 0.25) is 0 Å². The fourth-order valence-corrected chi connectivity index (χ4v) is 4.54. The van der Waals surface area contributed by atoms with Crippen LogP contribution in [0.4, 0.5) is 11.5 Å². The molecule has 36 heavy (non-hydrogen) atoms. The average molecular weight is 497 g/mol. The Balaban J connectivity index is 1.28. The van der Waals surface area contributed by atoms with Crippen LogP contribution in [-0.4, -0.2) is 77.2 Å². The molecule has 2 N–H and O–H groups in total. The number of pyridine rings is 1. The van der Waals surface area contributed by atoms with E-state index < -0.39 is 5.60 Å². The van der Waals surface area contributed by atoms with Crippen LogP contribution >= 0.6 is 0 Å². The summed E-state index contributed by atoms with van der Waals surface area (Å²) in [5, 5.41) is 6.82. The van der Waals surface area contributed by atoms with Crippen LogP contribution in [0.5, 0.6) is 0 Å². The second kappa shape index (κ2) is 11.4. The van der Waals surface area contributed by atoms with Crippen molar-refractivity contribution in [2.75, 3.05) is 56.6 Å². The third-order valence-electron chi connectivity index (χ3n) is 6.42. The molecule has 0 bridgehead atoms. The predicted molar refractivity (Wildman–Crippen MR) is 144 cm³/mol. The van der Waals surface area contributed by atoms with Crippen LogP contribution in [0.3, 0.4) is 0 Å². The summed E-state index contributed by atoms with van der Waals surface area (Å²) in [6.07, 6.45) is 4.60. The first-order chi connectivity index (χ1) is 17.2. The Morgan fingerprint density at radius 2 is 1.86 bits per heavy atom. The van der Waals surface area contributed by atoms with E-state index in [-0.39, 0.29) is 12.4 Å². The second-order valence-electron chi connectivity index (χ2n) is 10.5. The zero-order chi connectivity index (χ0) is 25.7. The molecule has 4 rings (SSSR count). The van der Waals surface area contributed by atoms with E-state index >= 15 is 0 Å². The molecule has 9 heteroatoms. The molecule has 1 saturated heterocycles. The van der Waals surface area contributed by atoms with Crippen LogP contribution in [0.25, 0.3) is 21.8 Å². The molecule has 0 radical (unpaired) electrons. The number of piperazine rings is 1. The van der Waals surface area contributed by atoms with Gasteiger partial charge in [-0.1, -0.05) is 19.4 Å². The SMILES string of the molecule is CCCCn1cc2c(n1)c(N)nc1cc(N3CCN(CCOCCC(=O)OC(C)(C)C)CC3)ccc12. The van der Waals surface area contributed by atoms with E-state index in [2.05, 4.69) is 51.2 Å².